The van der Waals surface area contributed by atoms with Gasteiger partial charge in [0.15, 0.2) is 6.23 Å². The third-order valence-corrected chi connectivity index (χ3v) is 7.47. The lowest BCUT2D eigenvalue weighted by Gasteiger charge is -2.44. The molecule has 1 aromatic heterocycles. The van der Waals surface area contributed by atoms with Crippen molar-refractivity contribution in [2.24, 2.45) is 0 Å². The topological polar surface area (TPSA) is 167 Å². The van der Waals surface area contributed by atoms with Crippen LogP contribution in [0.25, 0.3) is 0 Å². The fourth-order valence-corrected chi connectivity index (χ4v) is 5.48. The molecule has 1 aromatic carbocycles. The highest BCUT2D eigenvalue weighted by molar-refractivity contribution is 7.52. The molecule has 0 radical (unpaired) electrons. The van der Waals surface area contributed by atoms with E-state index in [1.807, 2.05) is 0 Å². The number of nitrogens with one attached hydrogen (secondary N) is 2. The van der Waals surface area contributed by atoms with Crippen molar-refractivity contribution in [1.82, 2.24) is 14.6 Å². The second kappa shape index (κ2) is 10.1. The zero-order valence-corrected chi connectivity index (χ0v) is 19.9. The van der Waals surface area contributed by atoms with Crippen LogP contribution in [0.2, 0.25) is 0 Å². The molecule has 0 amide bonds. The van der Waals surface area contributed by atoms with Gasteiger partial charge in [-0.1, -0.05) is 18.2 Å². The second-order valence-corrected chi connectivity index (χ2v) is 9.81. The minimum Gasteiger partial charge on any atom is -0.468 e. The first-order valence-corrected chi connectivity index (χ1v) is 12.4. The molecule has 0 bridgehead atoms. The maximum atomic E-state index is 13.5. The number of hydrogen-bond donors (Lipinski definition) is 3. The van der Waals surface area contributed by atoms with Gasteiger partial charge < -0.3 is 23.8 Å². The summed E-state index contributed by atoms with van der Waals surface area (Å²) in [5.41, 5.74) is -2.58. The molecule has 1 spiro atoms. The van der Waals surface area contributed by atoms with Gasteiger partial charge in [0.25, 0.3) is 5.56 Å². The number of carbonyl (C=O) groups excluding carboxylic acids is 1. The fraction of sp³-hybridized carbons (Fsp3) is 0.476. The van der Waals surface area contributed by atoms with E-state index >= 15 is 0 Å². The number of aromatic amines is 1. The summed E-state index contributed by atoms with van der Waals surface area (Å²) in [5, 5.41) is 13.5. The van der Waals surface area contributed by atoms with Crippen LogP contribution in [0.4, 0.5) is 0 Å². The molecule has 14 heteroatoms. The molecular formula is C21H26N3O10P. The van der Waals surface area contributed by atoms with Gasteiger partial charge in [-0.05, 0) is 19.1 Å². The van der Waals surface area contributed by atoms with Crippen molar-refractivity contribution in [2.45, 2.75) is 43.4 Å². The van der Waals surface area contributed by atoms with Crippen molar-refractivity contribution >= 4 is 13.7 Å². The van der Waals surface area contributed by atoms with Crippen LogP contribution in [0.3, 0.4) is 0 Å². The van der Waals surface area contributed by atoms with E-state index in [4.69, 9.17) is 18.5 Å². The first-order chi connectivity index (χ1) is 16.7. The van der Waals surface area contributed by atoms with E-state index in [0.717, 1.165) is 10.6 Å². The summed E-state index contributed by atoms with van der Waals surface area (Å²) in [6.45, 7) is 1.31. The van der Waals surface area contributed by atoms with E-state index in [1.54, 1.807) is 30.3 Å². The average molecular weight is 511 g/mol. The van der Waals surface area contributed by atoms with Crippen LogP contribution in [0.15, 0.2) is 52.2 Å². The maximum absolute atomic E-state index is 13.5. The maximum Gasteiger partial charge on any atom is 0.459 e. The second-order valence-electron chi connectivity index (χ2n) is 8.11. The quantitative estimate of drug-likeness (QED) is 0.313. The monoisotopic (exact) mass is 511 g/mol. The molecule has 0 saturated carbocycles. The number of para-hydroxylation sites is 1. The van der Waals surface area contributed by atoms with Gasteiger partial charge in [0.1, 0.15) is 29.6 Å². The molecule has 35 heavy (non-hydrogen) atoms. The summed E-state index contributed by atoms with van der Waals surface area (Å²) in [4.78, 5) is 37.8. The Morgan fingerprint density at radius 3 is 2.66 bits per heavy atom. The molecule has 6 atom stereocenters. The predicted molar refractivity (Wildman–Crippen MR) is 120 cm³/mol. The van der Waals surface area contributed by atoms with Gasteiger partial charge >= 0.3 is 19.4 Å². The summed E-state index contributed by atoms with van der Waals surface area (Å²) in [5.74, 6) is -0.480. The Morgan fingerprint density at radius 2 is 2.06 bits per heavy atom. The minimum atomic E-state index is -4.18. The molecule has 190 valence electrons. The number of aliphatic hydroxyl groups is 1. The number of methoxy groups -OCH3 is 1. The number of benzene rings is 1. The molecule has 2 aliphatic heterocycles. The number of nitrogens with zero attached hydrogens (tertiary/aromatic N) is 1. The van der Waals surface area contributed by atoms with Gasteiger partial charge in [-0.2, -0.15) is 5.09 Å². The van der Waals surface area contributed by atoms with E-state index in [2.05, 4.69) is 14.8 Å². The molecule has 2 saturated heterocycles. The molecule has 2 aliphatic rings. The van der Waals surface area contributed by atoms with Gasteiger partial charge in [-0.25, -0.2) is 9.36 Å². The lowest BCUT2D eigenvalue weighted by atomic mass is 9.86. The van der Waals surface area contributed by atoms with Crippen LogP contribution in [0.5, 0.6) is 5.75 Å². The summed E-state index contributed by atoms with van der Waals surface area (Å²) >= 11 is 0. The van der Waals surface area contributed by atoms with Crippen LogP contribution in [0, 0.1) is 0 Å². The summed E-state index contributed by atoms with van der Waals surface area (Å²) in [6.07, 6.45) is -1.80. The Kier molecular flexibility index (Phi) is 7.27. The van der Waals surface area contributed by atoms with Crippen molar-refractivity contribution in [3.8, 4) is 5.75 Å². The first-order valence-electron chi connectivity index (χ1n) is 10.8. The van der Waals surface area contributed by atoms with E-state index < -0.39 is 61.7 Å². The minimum absolute atomic E-state index is 0.213. The summed E-state index contributed by atoms with van der Waals surface area (Å²) < 4.78 is 42.0. The zero-order valence-electron chi connectivity index (χ0n) is 19.0. The molecule has 13 nitrogen and oxygen atoms in total. The van der Waals surface area contributed by atoms with Crippen molar-refractivity contribution in [3.63, 3.8) is 0 Å². The number of carbonyl (C=O) groups is 1. The highest BCUT2D eigenvalue weighted by atomic mass is 31.2. The van der Waals surface area contributed by atoms with Gasteiger partial charge in [0, 0.05) is 18.7 Å². The number of ether oxygens (including phenoxy) is 3. The van der Waals surface area contributed by atoms with Crippen LogP contribution in [-0.4, -0.2) is 64.8 Å². The number of esters is 1. The lowest BCUT2D eigenvalue weighted by molar-refractivity contribution is -0.227. The Balaban J connectivity index is 1.55. The third-order valence-electron chi connectivity index (χ3n) is 5.83. The van der Waals surface area contributed by atoms with Crippen molar-refractivity contribution in [3.05, 3.63) is 63.4 Å². The molecule has 3 N–H and O–H groups in total. The standard InChI is InChI=1S/C21H26N3O10P/c1-13(18(27)30-2)23-35(29,34-14-6-4-3-5-7-14)32-12-15-17(26)21(9-11-31-21)19(33-15)24-10-8-16(25)22-20(24)28/h3-8,10,13,15,17,19,26H,9,11-12H2,1-2H3,(H,23,29)(H,22,25,28)/t13-,15+,17+,19+,21-,35?/m0/s1. The Labute approximate surface area is 199 Å². The van der Waals surface area contributed by atoms with E-state index in [9.17, 15) is 24.1 Å². The Morgan fingerprint density at radius 1 is 1.34 bits per heavy atom. The van der Waals surface area contributed by atoms with Crippen LogP contribution in [0.1, 0.15) is 19.6 Å². The number of rotatable bonds is 9. The van der Waals surface area contributed by atoms with Gasteiger partial charge in [-0.3, -0.25) is 23.7 Å². The molecule has 3 heterocycles. The van der Waals surface area contributed by atoms with Gasteiger partial charge in [0.05, 0.1) is 20.3 Å². The van der Waals surface area contributed by atoms with E-state index in [-0.39, 0.29) is 5.75 Å². The summed E-state index contributed by atoms with van der Waals surface area (Å²) in [7, 11) is -3.00. The van der Waals surface area contributed by atoms with E-state index in [1.165, 1.54) is 20.2 Å². The van der Waals surface area contributed by atoms with Gasteiger partial charge in [0.2, 0.25) is 0 Å². The van der Waals surface area contributed by atoms with Gasteiger partial charge in [-0.15, -0.1) is 0 Å². The molecule has 4 rings (SSSR count). The molecule has 2 aromatic rings. The van der Waals surface area contributed by atoms with E-state index in [0.29, 0.717) is 13.0 Å². The highest BCUT2D eigenvalue weighted by Gasteiger charge is 2.62. The smallest absolute Gasteiger partial charge is 0.459 e. The van der Waals surface area contributed by atoms with Crippen molar-refractivity contribution in [2.75, 3.05) is 20.3 Å². The molecule has 1 unspecified atom stereocenters. The zero-order chi connectivity index (χ0) is 25.2. The molecule has 2 fully saturated rings. The normalized spacial score (nSPS) is 28.1. The largest absolute Gasteiger partial charge is 0.468 e. The summed E-state index contributed by atoms with van der Waals surface area (Å²) in [6, 6.07) is 8.28. The lowest BCUT2D eigenvalue weighted by Crippen LogP contribution is -2.57. The number of aliphatic hydroxyl groups excluding tert-OH is 1. The first kappa shape index (κ1) is 25.3. The number of hydrogen-bond acceptors (Lipinski definition) is 10. The third kappa shape index (κ3) is 5.10. The van der Waals surface area contributed by atoms with Crippen LogP contribution >= 0.6 is 7.75 Å². The SMILES string of the molecule is COC(=O)[C@H](C)NP(=O)(OC[C@H]1O[C@@H](n2ccc(=O)[nH]c2=O)[C@]2(CCO2)[C@@H]1O)Oc1ccccc1. The Bertz CT molecular complexity index is 1210. The van der Waals surface area contributed by atoms with Crippen LogP contribution in [-0.2, 0) is 28.1 Å². The van der Waals surface area contributed by atoms with Crippen LogP contribution < -0.4 is 20.9 Å². The van der Waals surface area contributed by atoms with Crippen molar-refractivity contribution in [1.29, 1.82) is 0 Å². The van der Waals surface area contributed by atoms with Crippen molar-refractivity contribution < 1.29 is 37.7 Å². The average Bonchev–Trinajstić information content (AvgIpc) is 3.10. The molecule has 0 aliphatic carbocycles. The molecular weight excluding hydrogens is 485 g/mol. The Hall–Kier alpha value is -2.80. The number of H-pyrrole nitrogens is 1. The highest BCUT2D eigenvalue weighted by Crippen LogP contribution is 2.50. The predicted octanol–water partition coefficient (Wildman–Crippen LogP) is 0.309. The fourth-order valence-electron chi connectivity index (χ4n) is 3.97. The number of aromatic nitrogens is 2.